The first-order valence-electron chi connectivity index (χ1n) is 10.9. The van der Waals surface area contributed by atoms with Gasteiger partial charge in [0.1, 0.15) is 17.1 Å². The van der Waals surface area contributed by atoms with Crippen LogP contribution in [0, 0.1) is 0 Å². The number of aromatic nitrogens is 2. The van der Waals surface area contributed by atoms with Gasteiger partial charge in [-0.25, -0.2) is 0 Å². The summed E-state index contributed by atoms with van der Waals surface area (Å²) in [5.41, 5.74) is 2.80. The fourth-order valence-electron chi connectivity index (χ4n) is 4.07. The lowest BCUT2D eigenvalue weighted by Gasteiger charge is -2.26. The van der Waals surface area contributed by atoms with Crippen LogP contribution in [0.15, 0.2) is 49.1 Å². The van der Waals surface area contributed by atoms with Crippen molar-refractivity contribution in [2.45, 2.75) is 26.3 Å². The normalized spacial score (nSPS) is 14.9. The number of nitrogens with one attached hydrogen (secondary N) is 1. The first-order valence-corrected chi connectivity index (χ1v) is 11.3. The van der Waals surface area contributed by atoms with Gasteiger partial charge >= 0.3 is 0 Å². The number of fused-ring (bicyclic) bond motifs is 1. The second-order valence-corrected chi connectivity index (χ2v) is 8.10. The Labute approximate surface area is 197 Å². The molecule has 1 amide bonds. The van der Waals surface area contributed by atoms with E-state index in [0.717, 1.165) is 12.0 Å². The molecule has 1 unspecified atom stereocenters. The lowest BCUT2D eigenvalue weighted by Crippen LogP contribution is -2.29. The van der Waals surface area contributed by atoms with Gasteiger partial charge in [0.2, 0.25) is 0 Å². The minimum atomic E-state index is -0.461. The molecule has 7 nitrogen and oxygen atoms in total. The molecule has 2 heterocycles. The van der Waals surface area contributed by atoms with Crippen molar-refractivity contribution in [1.82, 2.24) is 15.1 Å². The number of hydrogen-bond donors (Lipinski definition) is 2. The van der Waals surface area contributed by atoms with Crippen molar-refractivity contribution in [3.8, 4) is 28.5 Å². The zero-order chi connectivity index (χ0) is 23.5. The van der Waals surface area contributed by atoms with E-state index in [2.05, 4.69) is 16.8 Å². The molecule has 0 radical (unpaired) electrons. The number of carbonyl (C=O) groups excluding carboxylic acids is 1. The number of benzene rings is 2. The molecular formula is C25H26ClN3O4. The van der Waals surface area contributed by atoms with E-state index in [-0.39, 0.29) is 11.7 Å². The van der Waals surface area contributed by atoms with Gasteiger partial charge in [0.15, 0.2) is 11.5 Å². The number of aromatic amines is 1. The van der Waals surface area contributed by atoms with E-state index in [0.29, 0.717) is 58.8 Å². The predicted molar refractivity (Wildman–Crippen MR) is 127 cm³/mol. The molecule has 1 aromatic heterocycles. The Balaban J connectivity index is 1.87. The van der Waals surface area contributed by atoms with Crippen molar-refractivity contribution in [3.05, 3.63) is 70.9 Å². The van der Waals surface area contributed by atoms with Gasteiger partial charge in [-0.05, 0) is 49.2 Å². The second-order valence-electron chi connectivity index (χ2n) is 7.66. The van der Waals surface area contributed by atoms with Crippen LogP contribution < -0.4 is 9.47 Å². The number of amides is 1. The van der Waals surface area contributed by atoms with E-state index in [1.165, 1.54) is 6.07 Å². The molecule has 2 aromatic carbocycles. The summed E-state index contributed by atoms with van der Waals surface area (Å²) in [6, 6.07) is 9.97. The third-order valence-electron chi connectivity index (χ3n) is 5.45. The van der Waals surface area contributed by atoms with Gasteiger partial charge in [-0.3, -0.25) is 9.89 Å². The van der Waals surface area contributed by atoms with Gasteiger partial charge in [0.25, 0.3) is 5.91 Å². The van der Waals surface area contributed by atoms with Gasteiger partial charge in [0, 0.05) is 22.7 Å². The minimum Gasteiger partial charge on any atom is -0.507 e. The van der Waals surface area contributed by atoms with Crippen LogP contribution in [-0.2, 0) is 0 Å². The van der Waals surface area contributed by atoms with Crippen LogP contribution in [0.5, 0.6) is 17.2 Å². The molecule has 1 aliphatic rings. The van der Waals surface area contributed by atoms with E-state index >= 15 is 0 Å². The number of phenols is 1. The maximum absolute atomic E-state index is 13.2. The quantitative estimate of drug-likeness (QED) is 0.414. The highest BCUT2D eigenvalue weighted by Gasteiger charge is 2.42. The molecule has 1 atom stereocenters. The number of halogens is 1. The Kier molecular flexibility index (Phi) is 6.60. The highest BCUT2D eigenvalue weighted by Crippen LogP contribution is 2.46. The summed E-state index contributed by atoms with van der Waals surface area (Å²) in [4.78, 5) is 15.0. The van der Waals surface area contributed by atoms with Crippen molar-refractivity contribution in [2.75, 3.05) is 19.8 Å². The van der Waals surface area contributed by atoms with Crippen molar-refractivity contribution < 1.29 is 19.4 Å². The van der Waals surface area contributed by atoms with Gasteiger partial charge in [0.05, 0.1) is 19.3 Å². The van der Waals surface area contributed by atoms with Crippen molar-refractivity contribution >= 4 is 17.5 Å². The molecule has 0 saturated heterocycles. The van der Waals surface area contributed by atoms with Crippen LogP contribution in [0.3, 0.4) is 0 Å². The smallest absolute Gasteiger partial charge is 0.273 e. The van der Waals surface area contributed by atoms with Crippen LogP contribution in [-0.4, -0.2) is 45.9 Å². The number of ether oxygens (including phenoxy) is 2. The summed E-state index contributed by atoms with van der Waals surface area (Å²) in [5.74, 6) is 1.10. The number of carbonyl (C=O) groups is 1. The summed E-state index contributed by atoms with van der Waals surface area (Å²) < 4.78 is 11.7. The standard InChI is InChI=1S/C25H26ClN3O4/c1-4-11-29-24(15-7-10-19(33-12-5-2)20(13-15)32-6-3)21-22(27-28-23(21)25(29)31)17-14-16(26)8-9-18(17)30/h4,7-10,13-14,24,30H,1,5-6,11-12H2,2-3H3,(H,27,28). The number of phenolic OH excluding ortho intramolecular Hbond substituents is 1. The molecule has 0 aliphatic carbocycles. The Morgan fingerprint density at radius 1 is 1.21 bits per heavy atom. The van der Waals surface area contributed by atoms with E-state index in [1.54, 1.807) is 23.1 Å². The Morgan fingerprint density at radius 3 is 2.76 bits per heavy atom. The molecule has 172 valence electrons. The van der Waals surface area contributed by atoms with Gasteiger partial charge in [-0.15, -0.1) is 6.58 Å². The first kappa shape index (κ1) is 22.7. The molecule has 8 heteroatoms. The third-order valence-corrected chi connectivity index (χ3v) is 5.68. The molecule has 0 fully saturated rings. The molecule has 33 heavy (non-hydrogen) atoms. The molecule has 4 rings (SSSR count). The third kappa shape index (κ3) is 4.16. The van der Waals surface area contributed by atoms with Crippen molar-refractivity contribution in [2.24, 2.45) is 0 Å². The summed E-state index contributed by atoms with van der Waals surface area (Å²) in [6.07, 6.45) is 2.56. The summed E-state index contributed by atoms with van der Waals surface area (Å²) in [6.45, 7) is 9.16. The monoisotopic (exact) mass is 467 g/mol. The lowest BCUT2D eigenvalue weighted by atomic mass is 9.95. The molecule has 0 spiro atoms. The first-order chi connectivity index (χ1) is 16.0. The van der Waals surface area contributed by atoms with Crippen LogP contribution in [0.25, 0.3) is 11.3 Å². The average molecular weight is 468 g/mol. The molecule has 1 aliphatic heterocycles. The number of hydrogen-bond acceptors (Lipinski definition) is 5. The van der Waals surface area contributed by atoms with E-state index in [9.17, 15) is 9.90 Å². The molecule has 0 bridgehead atoms. The van der Waals surface area contributed by atoms with Crippen molar-refractivity contribution in [3.63, 3.8) is 0 Å². The predicted octanol–water partition coefficient (Wildman–Crippen LogP) is 5.35. The second kappa shape index (κ2) is 9.58. The van der Waals surface area contributed by atoms with Crippen LogP contribution in [0.2, 0.25) is 5.02 Å². The fourth-order valence-corrected chi connectivity index (χ4v) is 4.24. The Bertz CT molecular complexity index is 1190. The molecule has 3 aromatic rings. The summed E-state index contributed by atoms with van der Waals surface area (Å²) in [5, 5.41) is 18.2. The van der Waals surface area contributed by atoms with Gasteiger partial charge in [-0.2, -0.15) is 5.10 Å². The molecule has 2 N–H and O–H groups in total. The van der Waals surface area contributed by atoms with Crippen LogP contribution >= 0.6 is 11.6 Å². The topological polar surface area (TPSA) is 87.7 Å². The maximum Gasteiger partial charge on any atom is 0.273 e. The highest BCUT2D eigenvalue weighted by molar-refractivity contribution is 6.31. The zero-order valence-corrected chi connectivity index (χ0v) is 19.4. The SMILES string of the molecule is C=CCN1C(=O)c2[nH]nc(-c3cc(Cl)ccc3O)c2C1c1ccc(OCCC)c(OCC)c1. The summed E-state index contributed by atoms with van der Waals surface area (Å²) in [7, 11) is 0. The lowest BCUT2D eigenvalue weighted by molar-refractivity contribution is 0.0764. The number of rotatable bonds is 9. The van der Waals surface area contributed by atoms with Gasteiger partial charge in [-0.1, -0.05) is 30.7 Å². The largest absolute Gasteiger partial charge is 0.507 e. The minimum absolute atomic E-state index is 0.0281. The van der Waals surface area contributed by atoms with Crippen LogP contribution in [0.4, 0.5) is 0 Å². The van der Waals surface area contributed by atoms with E-state index in [1.807, 2.05) is 32.0 Å². The Hall–Kier alpha value is -3.45. The average Bonchev–Trinajstić information content (AvgIpc) is 3.34. The zero-order valence-electron chi connectivity index (χ0n) is 18.6. The number of H-pyrrole nitrogens is 1. The Morgan fingerprint density at radius 2 is 2.03 bits per heavy atom. The van der Waals surface area contributed by atoms with Crippen LogP contribution in [0.1, 0.15) is 47.9 Å². The fraction of sp³-hybridized carbons (Fsp3) is 0.280. The molecular weight excluding hydrogens is 442 g/mol. The van der Waals surface area contributed by atoms with Gasteiger partial charge < -0.3 is 19.5 Å². The van der Waals surface area contributed by atoms with Crippen molar-refractivity contribution in [1.29, 1.82) is 0 Å². The number of aromatic hydroxyl groups is 1. The maximum atomic E-state index is 13.2. The number of nitrogens with zero attached hydrogens (tertiary/aromatic N) is 2. The molecule has 0 saturated carbocycles. The van der Waals surface area contributed by atoms with E-state index in [4.69, 9.17) is 21.1 Å². The van der Waals surface area contributed by atoms with E-state index < -0.39 is 6.04 Å². The summed E-state index contributed by atoms with van der Waals surface area (Å²) >= 11 is 6.19. The highest BCUT2D eigenvalue weighted by atomic mass is 35.5.